The number of rotatable bonds is 8. The van der Waals surface area contributed by atoms with Crippen LogP contribution < -0.4 is 0 Å². The zero-order chi connectivity index (χ0) is 18.5. The Hall–Kier alpha value is -2.14. The molecule has 0 fully saturated rings. The van der Waals surface area contributed by atoms with E-state index in [0.717, 1.165) is 41.8 Å². The van der Waals surface area contributed by atoms with Gasteiger partial charge in [0.2, 0.25) is 5.90 Å². The Morgan fingerprint density at radius 2 is 2.00 bits per heavy atom. The van der Waals surface area contributed by atoms with Crippen molar-refractivity contribution in [1.82, 2.24) is 5.16 Å². The smallest absolute Gasteiger partial charge is 0.222 e. The second kappa shape index (κ2) is 8.49. The quantitative estimate of drug-likeness (QED) is 0.681. The molecule has 1 aliphatic heterocycles. The van der Waals surface area contributed by atoms with E-state index in [-0.39, 0.29) is 18.1 Å². The molecule has 5 heteroatoms. The zero-order valence-electron chi connectivity index (χ0n) is 16.1. The largest absolute Gasteiger partial charge is 0.467 e. The van der Waals surface area contributed by atoms with Gasteiger partial charge in [-0.25, -0.2) is 4.99 Å². The van der Waals surface area contributed by atoms with Crippen molar-refractivity contribution in [3.8, 4) is 0 Å². The summed E-state index contributed by atoms with van der Waals surface area (Å²) < 4.78 is 17.3. The third-order valence-electron chi connectivity index (χ3n) is 4.88. The van der Waals surface area contributed by atoms with Gasteiger partial charge in [0.1, 0.15) is 11.6 Å². The molecule has 140 valence electrons. The first-order valence-corrected chi connectivity index (χ1v) is 9.40. The summed E-state index contributed by atoms with van der Waals surface area (Å²) in [6, 6.07) is 10.1. The van der Waals surface area contributed by atoms with Crippen LogP contribution in [0.5, 0.6) is 0 Å². The van der Waals surface area contributed by atoms with Crippen molar-refractivity contribution in [1.29, 1.82) is 0 Å². The van der Waals surface area contributed by atoms with Crippen LogP contribution in [0.3, 0.4) is 0 Å². The van der Waals surface area contributed by atoms with Crippen LogP contribution in [0.25, 0.3) is 0 Å². The van der Waals surface area contributed by atoms with Crippen LogP contribution in [0.15, 0.2) is 39.8 Å². The summed E-state index contributed by atoms with van der Waals surface area (Å²) >= 11 is 0. The third-order valence-corrected chi connectivity index (χ3v) is 4.88. The summed E-state index contributed by atoms with van der Waals surface area (Å²) in [4.78, 5) is 4.83. The van der Waals surface area contributed by atoms with Crippen molar-refractivity contribution in [2.45, 2.75) is 58.1 Å². The van der Waals surface area contributed by atoms with E-state index in [1.54, 1.807) is 7.11 Å². The molecule has 0 N–H and O–H groups in total. The molecule has 3 rings (SSSR count). The van der Waals surface area contributed by atoms with Crippen molar-refractivity contribution in [3.63, 3.8) is 0 Å². The Labute approximate surface area is 155 Å². The minimum absolute atomic E-state index is 0.0782. The highest BCUT2D eigenvalue weighted by Gasteiger charge is 2.36. The minimum atomic E-state index is -0.153. The number of aryl methyl sites for hydroxylation is 1. The molecule has 0 amide bonds. The molecule has 0 saturated heterocycles. The summed E-state index contributed by atoms with van der Waals surface area (Å²) in [6.45, 7) is 6.83. The fourth-order valence-corrected chi connectivity index (χ4v) is 3.42. The van der Waals surface area contributed by atoms with E-state index in [9.17, 15) is 0 Å². The fourth-order valence-electron chi connectivity index (χ4n) is 3.42. The van der Waals surface area contributed by atoms with Crippen molar-refractivity contribution in [2.24, 2.45) is 4.99 Å². The van der Waals surface area contributed by atoms with E-state index < -0.39 is 0 Å². The van der Waals surface area contributed by atoms with E-state index in [1.807, 2.05) is 25.1 Å². The van der Waals surface area contributed by atoms with Gasteiger partial charge in [-0.15, -0.1) is 0 Å². The highest BCUT2D eigenvalue weighted by molar-refractivity contribution is 5.97. The standard InChI is InChI=1S/C21H28N2O3/c1-5-6-10-14(2)19-18(15(3)23-26-19)21-22-17(13-24-4)20(25-21)16-11-8-7-9-12-16/h7-9,11-12,14,17,20H,5-6,10,13H2,1-4H3/t14-,17-,20-/m0/s1. The number of hydrogen-bond donors (Lipinski definition) is 0. The van der Waals surface area contributed by atoms with Gasteiger partial charge in [-0.3, -0.25) is 0 Å². The Morgan fingerprint density at radius 1 is 1.23 bits per heavy atom. The molecule has 26 heavy (non-hydrogen) atoms. The SMILES string of the molecule is CCCC[C@H](C)c1onc(C)c1C1=N[C@@H](COC)[C@H](c2ccccc2)O1. The molecule has 1 aromatic carbocycles. The van der Waals surface area contributed by atoms with Gasteiger partial charge in [0.05, 0.1) is 12.3 Å². The average Bonchev–Trinajstić information content (AvgIpc) is 3.24. The van der Waals surface area contributed by atoms with E-state index in [2.05, 4.69) is 31.1 Å². The normalized spacial score (nSPS) is 20.7. The number of unbranched alkanes of at least 4 members (excludes halogenated alkanes) is 1. The Morgan fingerprint density at radius 3 is 2.69 bits per heavy atom. The summed E-state index contributed by atoms with van der Waals surface area (Å²) in [5.41, 5.74) is 2.84. The van der Waals surface area contributed by atoms with Gasteiger partial charge in [0, 0.05) is 13.0 Å². The third kappa shape index (κ3) is 3.83. The molecule has 0 spiro atoms. The maximum absolute atomic E-state index is 6.30. The second-order valence-electron chi connectivity index (χ2n) is 6.96. The van der Waals surface area contributed by atoms with Gasteiger partial charge in [0.15, 0.2) is 11.9 Å². The summed E-state index contributed by atoms with van der Waals surface area (Å²) in [5, 5.41) is 4.19. The number of nitrogens with zero attached hydrogens (tertiary/aromatic N) is 2. The van der Waals surface area contributed by atoms with E-state index >= 15 is 0 Å². The Bertz CT molecular complexity index is 739. The molecule has 0 saturated carbocycles. The maximum Gasteiger partial charge on any atom is 0.222 e. The van der Waals surface area contributed by atoms with Gasteiger partial charge < -0.3 is 14.0 Å². The highest BCUT2D eigenvalue weighted by atomic mass is 16.5. The lowest BCUT2D eigenvalue weighted by Gasteiger charge is -2.17. The molecule has 0 unspecified atom stereocenters. The number of aliphatic imine (C=N–C) groups is 1. The van der Waals surface area contributed by atoms with Gasteiger partial charge in [-0.2, -0.15) is 0 Å². The Balaban J connectivity index is 1.90. The lowest BCUT2D eigenvalue weighted by molar-refractivity contribution is 0.120. The van der Waals surface area contributed by atoms with Crippen molar-refractivity contribution >= 4 is 5.90 Å². The minimum Gasteiger partial charge on any atom is -0.467 e. The van der Waals surface area contributed by atoms with Crippen LogP contribution in [0.2, 0.25) is 0 Å². The lowest BCUT2D eigenvalue weighted by Crippen LogP contribution is -2.19. The first kappa shape index (κ1) is 18.6. The van der Waals surface area contributed by atoms with Crippen LogP contribution in [-0.4, -0.2) is 30.8 Å². The molecule has 2 aromatic rings. The van der Waals surface area contributed by atoms with Crippen molar-refractivity contribution in [2.75, 3.05) is 13.7 Å². The number of benzene rings is 1. The summed E-state index contributed by atoms with van der Waals surface area (Å²) in [5.74, 6) is 1.78. The van der Waals surface area contributed by atoms with Crippen LogP contribution in [-0.2, 0) is 9.47 Å². The molecule has 1 aliphatic rings. The van der Waals surface area contributed by atoms with Gasteiger partial charge in [0.25, 0.3) is 0 Å². The fraction of sp³-hybridized carbons (Fsp3) is 0.524. The van der Waals surface area contributed by atoms with E-state index in [4.69, 9.17) is 19.0 Å². The average molecular weight is 356 g/mol. The number of ether oxygens (including phenoxy) is 2. The van der Waals surface area contributed by atoms with Crippen LogP contribution in [0.4, 0.5) is 0 Å². The Kier molecular flexibility index (Phi) is 6.09. The molecule has 0 radical (unpaired) electrons. The summed E-state index contributed by atoms with van der Waals surface area (Å²) in [7, 11) is 1.69. The summed E-state index contributed by atoms with van der Waals surface area (Å²) in [6.07, 6.45) is 3.23. The van der Waals surface area contributed by atoms with Gasteiger partial charge in [-0.05, 0) is 18.9 Å². The van der Waals surface area contributed by atoms with Gasteiger partial charge in [-0.1, -0.05) is 62.2 Å². The maximum atomic E-state index is 6.30. The number of aromatic nitrogens is 1. The second-order valence-corrected chi connectivity index (χ2v) is 6.96. The predicted octanol–water partition coefficient (Wildman–Crippen LogP) is 4.81. The topological polar surface area (TPSA) is 56.9 Å². The molecule has 0 aliphatic carbocycles. The molecular weight excluding hydrogens is 328 g/mol. The predicted molar refractivity (Wildman–Crippen MR) is 102 cm³/mol. The van der Waals surface area contributed by atoms with Gasteiger partial charge >= 0.3 is 0 Å². The van der Waals surface area contributed by atoms with Crippen molar-refractivity contribution < 1.29 is 14.0 Å². The van der Waals surface area contributed by atoms with E-state index in [0.29, 0.717) is 12.5 Å². The molecular formula is C21H28N2O3. The molecule has 1 aromatic heterocycles. The number of hydrogen-bond acceptors (Lipinski definition) is 5. The van der Waals surface area contributed by atoms with Crippen LogP contribution in [0.1, 0.15) is 67.7 Å². The molecule has 3 atom stereocenters. The van der Waals surface area contributed by atoms with Crippen LogP contribution >= 0.6 is 0 Å². The van der Waals surface area contributed by atoms with Crippen molar-refractivity contribution in [3.05, 3.63) is 52.9 Å². The first-order valence-electron chi connectivity index (χ1n) is 9.40. The molecule has 5 nitrogen and oxygen atoms in total. The lowest BCUT2D eigenvalue weighted by atomic mass is 9.97. The first-order chi connectivity index (χ1) is 12.7. The number of methoxy groups -OCH3 is 1. The van der Waals surface area contributed by atoms with Crippen LogP contribution in [0, 0.1) is 6.92 Å². The monoisotopic (exact) mass is 356 g/mol. The molecule has 2 heterocycles. The molecule has 0 bridgehead atoms. The van der Waals surface area contributed by atoms with E-state index in [1.165, 1.54) is 0 Å². The zero-order valence-corrected chi connectivity index (χ0v) is 16.1. The highest BCUT2D eigenvalue weighted by Crippen LogP contribution is 2.35.